The van der Waals surface area contributed by atoms with Crippen molar-refractivity contribution in [3.05, 3.63) is 22.8 Å². The molecule has 4 heteroatoms. The van der Waals surface area contributed by atoms with Crippen LogP contribution in [-0.2, 0) is 0 Å². The van der Waals surface area contributed by atoms with E-state index < -0.39 is 0 Å². The van der Waals surface area contributed by atoms with Crippen molar-refractivity contribution in [3.63, 3.8) is 0 Å². The maximum absolute atomic E-state index is 8.96. The molecular formula is C13H16ClN3. The van der Waals surface area contributed by atoms with Crippen LogP contribution in [0.4, 0.5) is 5.82 Å². The van der Waals surface area contributed by atoms with Crippen LogP contribution in [0.2, 0.25) is 5.02 Å². The van der Waals surface area contributed by atoms with E-state index in [1.807, 2.05) is 0 Å². The van der Waals surface area contributed by atoms with E-state index in [4.69, 9.17) is 16.9 Å². The molecule has 0 atom stereocenters. The topological polar surface area (TPSA) is 39.9 Å². The van der Waals surface area contributed by atoms with Gasteiger partial charge in [0.1, 0.15) is 16.9 Å². The zero-order chi connectivity index (χ0) is 12.5. The summed E-state index contributed by atoms with van der Waals surface area (Å²) in [5.41, 5.74) is 0.784. The third-order valence-corrected chi connectivity index (χ3v) is 3.56. The van der Waals surface area contributed by atoms with Gasteiger partial charge in [-0.2, -0.15) is 5.26 Å². The number of aromatic nitrogens is 1. The van der Waals surface area contributed by atoms with Gasteiger partial charge in [0.05, 0.1) is 5.56 Å². The normalized spacial score (nSPS) is 18.8. The molecule has 2 rings (SSSR count). The van der Waals surface area contributed by atoms with E-state index in [1.54, 1.807) is 12.3 Å². The molecule has 1 aliphatic rings. The number of hydrogen-bond donors (Lipinski definition) is 0. The zero-order valence-corrected chi connectivity index (χ0v) is 11.0. The summed E-state index contributed by atoms with van der Waals surface area (Å²) < 4.78 is 0. The second kappa shape index (κ2) is 4.54. The van der Waals surface area contributed by atoms with Gasteiger partial charge in [-0.3, -0.25) is 0 Å². The highest BCUT2D eigenvalue weighted by atomic mass is 35.5. The molecule has 1 aromatic heterocycles. The Hall–Kier alpha value is -1.27. The van der Waals surface area contributed by atoms with Gasteiger partial charge in [0, 0.05) is 19.3 Å². The van der Waals surface area contributed by atoms with Crippen LogP contribution in [0.25, 0.3) is 0 Å². The first-order valence-electron chi connectivity index (χ1n) is 5.83. The second-order valence-corrected chi connectivity index (χ2v) is 5.68. The number of hydrogen-bond acceptors (Lipinski definition) is 3. The van der Waals surface area contributed by atoms with Crippen LogP contribution in [-0.4, -0.2) is 18.1 Å². The number of nitrogens with zero attached hydrogens (tertiary/aromatic N) is 3. The Kier molecular flexibility index (Phi) is 3.26. The second-order valence-electron chi connectivity index (χ2n) is 5.30. The first-order valence-corrected chi connectivity index (χ1v) is 6.21. The Morgan fingerprint density at radius 1 is 1.53 bits per heavy atom. The first kappa shape index (κ1) is 12.2. The van der Waals surface area contributed by atoms with Crippen LogP contribution in [0, 0.1) is 16.7 Å². The Bertz CT molecular complexity index is 462. The maximum Gasteiger partial charge on any atom is 0.148 e. The van der Waals surface area contributed by atoms with Crippen molar-refractivity contribution in [2.75, 3.05) is 18.0 Å². The minimum absolute atomic E-state index is 0.284. The molecule has 0 bridgehead atoms. The van der Waals surface area contributed by atoms with Crippen molar-refractivity contribution in [1.82, 2.24) is 4.98 Å². The van der Waals surface area contributed by atoms with Gasteiger partial charge >= 0.3 is 0 Å². The molecule has 0 amide bonds. The van der Waals surface area contributed by atoms with Gasteiger partial charge in [0.25, 0.3) is 0 Å². The van der Waals surface area contributed by atoms with Crippen molar-refractivity contribution >= 4 is 17.4 Å². The smallest absolute Gasteiger partial charge is 0.148 e. The summed E-state index contributed by atoms with van der Waals surface area (Å²) in [7, 11) is 0. The minimum Gasteiger partial charge on any atom is -0.355 e. The third kappa shape index (κ3) is 2.53. The summed E-state index contributed by atoms with van der Waals surface area (Å²) in [6, 6.07) is 3.75. The minimum atomic E-state index is 0.284. The van der Waals surface area contributed by atoms with Gasteiger partial charge < -0.3 is 4.90 Å². The highest BCUT2D eigenvalue weighted by Gasteiger charge is 2.28. The number of anilines is 1. The lowest BCUT2D eigenvalue weighted by molar-refractivity contribution is 0.292. The molecule has 17 heavy (non-hydrogen) atoms. The Morgan fingerprint density at radius 2 is 2.29 bits per heavy atom. The summed E-state index contributed by atoms with van der Waals surface area (Å²) in [5.74, 6) is 0.749. The van der Waals surface area contributed by atoms with Gasteiger partial charge in [0.2, 0.25) is 0 Å². The molecule has 3 nitrogen and oxygen atoms in total. The van der Waals surface area contributed by atoms with Crippen molar-refractivity contribution in [1.29, 1.82) is 5.26 Å². The largest absolute Gasteiger partial charge is 0.355 e. The number of pyridine rings is 1. The average molecular weight is 250 g/mol. The molecule has 0 radical (unpaired) electrons. The van der Waals surface area contributed by atoms with Crippen LogP contribution < -0.4 is 4.90 Å². The highest BCUT2D eigenvalue weighted by molar-refractivity contribution is 6.34. The lowest BCUT2D eigenvalue weighted by Crippen LogP contribution is -2.40. The maximum atomic E-state index is 8.96. The lowest BCUT2D eigenvalue weighted by atomic mass is 9.84. The fraction of sp³-hybridized carbons (Fsp3) is 0.538. The molecule has 0 N–H and O–H groups in total. The fourth-order valence-corrected chi connectivity index (χ4v) is 2.62. The monoisotopic (exact) mass is 249 g/mol. The first-order chi connectivity index (χ1) is 8.03. The molecule has 1 aliphatic heterocycles. The summed E-state index contributed by atoms with van der Waals surface area (Å²) in [6.45, 7) is 6.40. The Labute approximate surface area is 107 Å². The SMILES string of the molecule is CC1(C)CCCN(c2nccc(C#N)c2Cl)C1. The van der Waals surface area contributed by atoms with Crippen LogP contribution in [0.5, 0.6) is 0 Å². The molecule has 0 saturated carbocycles. The van der Waals surface area contributed by atoms with E-state index in [0.29, 0.717) is 10.6 Å². The van der Waals surface area contributed by atoms with Crippen LogP contribution in [0.1, 0.15) is 32.3 Å². The van der Waals surface area contributed by atoms with E-state index in [0.717, 1.165) is 25.3 Å². The molecular weight excluding hydrogens is 234 g/mol. The number of rotatable bonds is 1. The highest BCUT2D eigenvalue weighted by Crippen LogP contribution is 2.34. The number of piperidine rings is 1. The standard InChI is InChI=1S/C13H16ClN3/c1-13(2)5-3-7-17(9-13)12-11(14)10(8-15)4-6-16-12/h4,6H,3,5,7,9H2,1-2H3. The molecule has 0 spiro atoms. The van der Waals surface area contributed by atoms with E-state index >= 15 is 0 Å². The third-order valence-electron chi connectivity index (χ3n) is 3.19. The molecule has 1 aromatic rings. The Balaban J connectivity index is 2.32. The quantitative estimate of drug-likeness (QED) is 0.767. The fourth-order valence-electron chi connectivity index (χ4n) is 2.34. The van der Waals surface area contributed by atoms with Gasteiger partial charge in [0.15, 0.2) is 0 Å². The lowest BCUT2D eigenvalue weighted by Gasteiger charge is -2.39. The summed E-state index contributed by atoms with van der Waals surface area (Å²) >= 11 is 6.21. The van der Waals surface area contributed by atoms with Gasteiger partial charge in [-0.1, -0.05) is 25.4 Å². The van der Waals surface area contributed by atoms with Crippen molar-refractivity contribution in [3.8, 4) is 6.07 Å². The summed E-state index contributed by atoms with van der Waals surface area (Å²) in [4.78, 5) is 6.51. The predicted octanol–water partition coefficient (Wildman–Crippen LogP) is 3.23. The average Bonchev–Trinajstić information content (AvgIpc) is 2.28. The van der Waals surface area contributed by atoms with Crippen molar-refractivity contribution in [2.24, 2.45) is 5.41 Å². The summed E-state index contributed by atoms with van der Waals surface area (Å²) in [6.07, 6.45) is 4.02. The van der Waals surface area contributed by atoms with Gasteiger partial charge in [-0.15, -0.1) is 0 Å². The van der Waals surface area contributed by atoms with Crippen LogP contribution in [0.15, 0.2) is 12.3 Å². The van der Waals surface area contributed by atoms with Crippen LogP contribution >= 0.6 is 11.6 Å². The number of nitriles is 1. The molecule has 0 aromatic carbocycles. The predicted molar refractivity (Wildman–Crippen MR) is 69.2 cm³/mol. The van der Waals surface area contributed by atoms with Crippen LogP contribution in [0.3, 0.4) is 0 Å². The van der Waals surface area contributed by atoms with E-state index in [9.17, 15) is 0 Å². The van der Waals surface area contributed by atoms with E-state index in [2.05, 4.69) is 29.8 Å². The van der Waals surface area contributed by atoms with Gasteiger partial charge in [-0.25, -0.2) is 4.98 Å². The zero-order valence-electron chi connectivity index (χ0n) is 10.2. The summed E-state index contributed by atoms with van der Waals surface area (Å²) in [5, 5.41) is 9.44. The number of halogens is 1. The molecule has 0 aliphatic carbocycles. The molecule has 1 fully saturated rings. The molecule has 90 valence electrons. The van der Waals surface area contributed by atoms with Crippen molar-refractivity contribution in [2.45, 2.75) is 26.7 Å². The molecule has 0 unspecified atom stereocenters. The van der Waals surface area contributed by atoms with E-state index in [-0.39, 0.29) is 5.41 Å². The molecule has 2 heterocycles. The van der Waals surface area contributed by atoms with Gasteiger partial charge in [-0.05, 0) is 24.3 Å². The molecule has 1 saturated heterocycles. The van der Waals surface area contributed by atoms with E-state index in [1.165, 1.54) is 6.42 Å². The Morgan fingerprint density at radius 3 is 2.94 bits per heavy atom. The van der Waals surface area contributed by atoms with Crippen molar-refractivity contribution < 1.29 is 0 Å².